The molecule has 2 rings (SSSR count). The molecular formula is C20H23N3O4. The molecule has 2 aromatic rings. The van der Waals surface area contributed by atoms with E-state index in [0.29, 0.717) is 29.1 Å². The monoisotopic (exact) mass is 369 g/mol. The lowest BCUT2D eigenvalue weighted by Crippen LogP contribution is -2.30. The molecule has 0 unspecified atom stereocenters. The van der Waals surface area contributed by atoms with E-state index in [9.17, 15) is 14.4 Å². The fraction of sp³-hybridized carbons (Fsp3) is 0.250. The third-order valence-electron chi connectivity index (χ3n) is 3.48. The van der Waals surface area contributed by atoms with Gasteiger partial charge in [-0.15, -0.1) is 0 Å². The fourth-order valence-electron chi connectivity index (χ4n) is 2.25. The molecule has 0 atom stereocenters. The predicted molar refractivity (Wildman–Crippen MR) is 104 cm³/mol. The van der Waals surface area contributed by atoms with Crippen molar-refractivity contribution in [3.8, 4) is 0 Å². The molecule has 0 radical (unpaired) electrons. The van der Waals surface area contributed by atoms with Gasteiger partial charge in [-0.05, 0) is 69.3 Å². The minimum atomic E-state index is -0.432. The molecule has 7 heteroatoms. The second kappa shape index (κ2) is 9.38. The summed E-state index contributed by atoms with van der Waals surface area (Å²) < 4.78 is 4.91. The van der Waals surface area contributed by atoms with Crippen molar-refractivity contribution in [3.63, 3.8) is 0 Å². The largest absolute Gasteiger partial charge is 0.462 e. The first-order valence-electron chi connectivity index (χ1n) is 8.65. The molecule has 0 aliphatic carbocycles. The van der Waals surface area contributed by atoms with Gasteiger partial charge >= 0.3 is 12.0 Å². The molecule has 142 valence electrons. The first kappa shape index (κ1) is 20.0. The highest BCUT2D eigenvalue weighted by molar-refractivity contribution is 6.01. The van der Waals surface area contributed by atoms with Gasteiger partial charge in [-0.25, -0.2) is 9.59 Å². The van der Waals surface area contributed by atoms with Crippen molar-refractivity contribution in [2.45, 2.75) is 26.8 Å². The number of hydrogen-bond donors (Lipinski definition) is 3. The number of benzene rings is 2. The number of nitrogens with one attached hydrogen (secondary N) is 3. The molecule has 3 N–H and O–H groups in total. The summed E-state index contributed by atoms with van der Waals surface area (Å²) in [6.45, 7) is 5.81. The summed E-state index contributed by atoms with van der Waals surface area (Å²) >= 11 is 0. The lowest BCUT2D eigenvalue weighted by molar-refractivity contribution is 0.0526. The normalized spacial score (nSPS) is 10.2. The first-order chi connectivity index (χ1) is 12.9. The second-order valence-electron chi connectivity index (χ2n) is 6.08. The van der Waals surface area contributed by atoms with Crippen LogP contribution >= 0.6 is 0 Å². The highest BCUT2D eigenvalue weighted by Gasteiger charge is 2.09. The quantitative estimate of drug-likeness (QED) is 0.677. The Balaban J connectivity index is 1.91. The maximum Gasteiger partial charge on any atom is 0.338 e. The van der Waals surface area contributed by atoms with Gasteiger partial charge in [0.2, 0.25) is 0 Å². The highest BCUT2D eigenvalue weighted by atomic mass is 16.5. The van der Waals surface area contributed by atoms with Crippen LogP contribution in [0, 0.1) is 0 Å². The molecule has 2 aromatic carbocycles. The van der Waals surface area contributed by atoms with Crippen LogP contribution in [0.25, 0.3) is 0 Å². The standard InChI is InChI=1S/C20H23N3O4/c1-4-27-19(25)15-7-11-17(12-8-15)23-20(26)22-16-9-5-14(6-10-16)18(24)21-13(2)3/h5-13H,4H2,1-3H3,(H,21,24)(H2,22,23,26). The average Bonchev–Trinajstić information content (AvgIpc) is 2.62. The number of rotatable bonds is 6. The summed E-state index contributed by atoms with van der Waals surface area (Å²) in [7, 11) is 0. The van der Waals surface area contributed by atoms with Gasteiger partial charge in [0, 0.05) is 23.0 Å². The summed E-state index contributed by atoms with van der Waals surface area (Å²) in [5.74, 6) is -0.571. The van der Waals surface area contributed by atoms with Crippen molar-refractivity contribution >= 4 is 29.3 Å². The zero-order valence-electron chi connectivity index (χ0n) is 15.5. The Hall–Kier alpha value is -3.35. The van der Waals surface area contributed by atoms with E-state index in [1.165, 1.54) is 0 Å². The lowest BCUT2D eigenvalue weighted by atomic mass is 10.2. The number of ether oxygens (including phenoxy) is 1. The van der Waals surface area contributed by atoms with E-state index in [-0.39, 0.29) is 11.9 Å². The van der Waals surface area contributed by atoms with Gasteiger partial charge in [0.25, 0.3) is 5.91 Å². The van der Waals surface area contributed by atoms with Crippen molar-refractivity contribution in [2.75, 3.05) is 17.2 Å². The Morgan fingerprint density at radius 2 is 1.33 bits per heavy atom. The number of hydrogen-bond acceptors (Lipinski definition) is 4. The molecule has 3 amide bonds. The topological polar surface area (TPSA) is 96.5 Å². The van der Waals surface area contributed by atoms with Crippen LogP contribution in [-0.2, 0) is 4.74 Å². The molecular weight excluding hydrogens is 346 g/mol. The van der Waals surface area contributed by atoms with Crippen LogP contribution in [0.4, 0.5) is 16.2 Å². The Labute approximate surface area is 158 Å². The maximum absolute atomic E-state index is 12.1. The summed E-state index contributed by atoms with van der Waals surface area (Å²) in [5.41, 5.74) is 2.02. The predicted octanol–water partition coefficient (Wildman–Crippen LogP) is 3.65. The van der Waals surface area contributed by atoms with E-state index < -0.39 is 12.0 Å². The van der Waals surface area contributed by atoms with Gasteiger partial charge < -0.3 is 20.7 Å². The van der Waals surface area contributed by atoms with Gasteiger partial charge in [0.1, 0.15) is 0 Å². The van der Waals surface area contributed by atoms with Crippen LogP contribution in [0.1, 0.15) is 41.5 Å². The van der Waals surface area contributed by atoms with Crippen LogP contribution in [0.3, 0.4) is 0 Å². The Morgan fingerprint density at radius 1 is 0.852 bits per heavy atom. The zero-order chi connectivity index (χ0) is 19.8. The van der Waals surface area contributed by atoms with Gasteiger partial charge in [-0.3, -0.25) is 4.79 Å². The molecule has 0 aliphatic heterocycles. The lowest BCUT2D eigenvalue weighted by Gasteiger charge is -2.10. The van der Waals surface area contributed by atoms with Crippen molar-refractivity contribution in [1.82, 2.24) is 5.32 Å². The summed E-state index contributed by atoms with van der Waals surface area (Å²) in [6.07, 6.45) is 0. The van der Waals surface area contributed by atoms with Crippen molar-refractivity contribution in [1.29, 1.82) is 0 Å². The molecule has 0 saturated carbocycles. The molecule has 7 nitrogen and oxygen atoms in total. The molecule has 0 spiro atoms. The number of anilines is 2. The van der Waals surface area contributed by atoms with Gasteiger partial charge in [0.15, 0.2) is 0 Å². The molecule has 0 aromatic heterocycles. The SMILES string of the molecule is CCOC(=O)c1ccc(NC(=O)Nc2ccc(C(=O)NC(C)C)cc2)cc1. The van der Waals surface area contributed by atoms with E-state index in [2.05, 4.69) is 16.0 Å². The number of urea groups is 1. The van der Waals surface area contributed by atoms with Gasteiger partial charge in [0.05, 0.1) is 12.2 Å². The van der Waals surface area contributed by atoms with Gasteiger partial charge in [-0.1, -0.05) is 0 Å². The zero-order valence-corrected chi connectivity index (χ0v) is 15.5. The molecule has 27 heavy (non-hydrogen) atoms. The molecule has 0 fully saturated rings. The van der Waals surface area contributed by atoms with Crippen LogP contribution < -0.4 is 16.0 Å². The minimum absolute atomic E-state index is 0.0521. The Kier molecular flexibility index (Phi) is 6.93. The summed E-state index contributed by atoms with van der Waals surface area (Å²) in [6, 6.07) is 12.6. The third kappa shape index (κ3) is 6.14. The van der Waals surface area contributed by atoms with Crippen molar-refractivity contribution < 1.29 is 19.1 Å². The molecule has 0 bridgehead atoms. The van der Waals surface area contributed by atoms with E-state index in [0.717, 1.165) is 0 Å². The van der Waals surface area contributed by atoms with Crippen LogP contribution in [0.2, 0.25) is 0 Å². The smallest absolute Gasteiger partial charge is 0.338 e. The maximum atomic E-state index is 12.1. The summed E-state index contributed by atoms with van der Waals surface area (Å²) in [4.78, 5) is 35.6. The van der Waals surface area contributed by atoms with E-state index in [1.54, 1.807) is 55.5 Å². The molecule has 0 aliphatic rings. The van der Waals surface area contributed by atoms with Crippen molar-refractivity contribution in [3.05, 3.63) is 59.7 Å². The third-order valence-corrected chi connectivity index (χ3v) is 3.48. The molecule has 0 heterocycles. The van der Waals surface area contributed by atoms with E-state index in [4.69, 9.17) is 4.74 Å². The number of esters is 1. The highest BCUT2D eigenvalue weighted by Crippen LogP contribution is 2.13. The average molecular weight is 369 g/mol. The Bertz CT molecular complexity index is 799. The fourth-order valence-corrected chi connectivity index (χ4v) is 2.25. The number of carbonyl (C=O) groups is 3. The summed E-state index contributed by atoms with van der Waals surface area (Å²) in [5, 5.41) is 8.15. The van der Waals surface area contributed by atoms with Crippen LogP contribution in [0.15, 0.2) is 48.5 Å². The second-order valence-corrected chi connectivity index (χ2v) is 6.08. The van der Waals surface area contributed by atoms with Crippen LogP contribution in [-0.4, -0.2) is 30.6 Å². The Morgan fingerprint density at radius 3 is 1.78 bits per heavy atom. The van der Waals surface area contributed by atoms with E-state index in [1.807, 2.05) is 13.8 Å². The minimum Gasteiger partial charge on any atom is -0.462 e. The number of carbonyl (C=O) groups excluding carboxylic acids is 3. The van der Waals surface area contributed by atoms with Crippen LogP contribution in [0.5, 0.6) is 0 Å². The first-order valence-corrected chi connectivity index (χ1v) is 8.65. The van der Waals surface area contributed by atoms with Gasteiger partial charge in [-0.2, -0.15) is 0 Å². The molecule has 0 saturated heterocycles. The van der Waals surface area contributed by atoms with E-state index >= 15 is 0 Å². The number of amides is 3. The van der Waals surface area contributed by atoms with Crippen molar-refractivity contribution in [2.24, 2.45) is 0 Å².